The van der Waals surface area contributed by atoms with Crippen LogP contribution in [0.5, 0.6) is 11.5 Å². The summed E-state index contributed by atoms with van der Waals surface area (Å²) in [5, 5.41) is 55.3. The summed E-state index contributed by atoms with van der Waals surface area (Å²) in [6.07, 6.45) is 0.547. The molecule has 2 bridgehead atoms. The number of carbonyl (C=O) groups excluding carboxylic acids is 2. The number of fused-ring (bicyclic) bond motifs is 3. The Hall–Kier alpha value is -3.78. The van der Waals surface area contributed by atoms with Gasteiger partial charge in [-0.25, -0.2) is 4.79 Å². The fourth-order valence-corrected chi connectivity index (χ4v) is 6.26. The number of phenols is 1. The number of aliphatic hydroxyl groups excluding tert-OH is 3. The number of morpholine rings is 1. The number of carbonyl (C=O) groups is 2. The summed E-state index contributed by atoms with van der Waals surface area (Å²) >= 11 is 0. The maximum absolute atomic E-state index is 14.1. The van der Waals surface area contributed by atoms with Crippen molar-refractivity contribution in [1.82, 2.24) is 5.32 Å². The van der Waals surface area contributed by atoms with E-state index in [1.165, 1.54) is 13.2 Å². The third kappa shape index (κ3) is 6.91. The lowest BCUT2D eigenvalue weighted by atomic mass is 9.75. The van der Waals surface area contributed by atoms with Crippen LogP contribution in [-0.2, 0) is 30.2 Å². The second kappa shape index (κ2) is 13.7. The SMILES string of the molecule is COc1cc(/C=C(\C[C@@H]2c3cc(CCO)ccc3C=C[C@@H]2CO)C(=O)O[C@@H]2[C@H](OC(C)=O)[C@@H](O)[C@@H]3CNC[C@@]2(O)O3)ccc1O. The molecule has 0 amide bonds. The lowest BCUT2D eigenvalue weighted by Crippen LogP contribution is -2.73. The van der Waals surface area contributed by atoms with Gasteiger partial charge in [0.1, 0.15) is 12.2 Å². The van der Waals surface area contributed by atoms with Crippen molar-refractivity contribution in [2.45, 2.75) is 55.9 Å². The predicted octanol–water partition coefficient (Wildman–Crippen LogP) is 1.02. The van der Waals surface area contributed by atoms with Crippen LogP contribution in [0.2, 0.25) is 0 Å². The van der Waals surface area contributed by atoms with Crippen molar-refractivity contribution in [2.75, 3.05) is 33.4 Å². The minimum absolute atomic E-state index is 0.0413. The van der Waals surface area contributed by atoms with E-state index in [-0.39, 0.29) is 55.7 Å². The van der Waals surface area contributed by atoms with Gasteiger partial charge in [-0.05, 0) is 59.2 Å². The van der Waals surface area contributed by atoms with Gasteiger partial charge in [-0.2, -0.15) is 0 Å². The Morgan fingerprint density at radius 1 is 1.16 bits per heavy atom. The van der Waals surface area contributed by atoms with Crippen molar-refractivity contribution in [3.8, 4) is 11.5 Å². The molecule has 12 nitrogen and oxygen atoms in total. The van der Waals surface area contributed by atoms with E-state index in [9.17, 15) is 35.1 Å². The molecule has 2 heterocycles. The molecule has 2 aliphatic heterocycles. The molecule has 0 saturated carbocycles. The van der Waals surface area contributed by atoms with Gasteiger partial charge in [-0.3, -0.25) is 4.79 Å². The van der Waals surface area contributed by atoms with Crippen molar-refractivity contribution < 1.29 is 54.1 Å². The lowest BCUT2D eigenvalue weighted by Gasteiger charge is -2.51. The molecule has 2 aromatic rings. The van der Waals surface area contributed by atoms with Gasteiger partial charge in [0.2, 0.25) is 5.79 Å². The fourth-order valence-electron chi connectivity index (χ4n) is 6.26. The van der Waals surface area contributed by atoms with Crippen LogP contribution < -0.4 is 10.1 Å². The van der Waals surface area contributed by atoms with Gasteiger partial charge in [-0.15, -0.1) is 0 Å². The Labute approximate surface area is 260 Å². The van der Waals surface area contributed by atoms with Crippen molar-refractivity contribution in [3.05, 3.63) is 70.3 Å². The number of nitrogens with one attached hydrogen (secondary N) is 1. The Kier molecular flexibility index (Phi) is 9.92. The zero-order chi connectivity index (χ0) is 32.3. The molecule has 2 saturated heterocycles. The fraction of sp³-hybridized carbons (Fsp3) is 0.455. The zero-order valence-corrected chi connectivity index (χ0v) is 25.1. The number of methoxy groups -OCH3 is 1. The van der Waals surface area contributed by atoms with Crippen molar-refractivity contribution in [1.29, 1.82) is 0 Å². The first-order valence-corrected chi connectivity index (χ1v) is 14.8. The minimum Gasteiger partial charge on any atom is -0.504 e. The van der Waals surface area contributed by atoms with Crippen molar-refractivity contribution >= 4 is 24.1 Å². The van der Waals surface area contributed by atoms with Crippen LogP contribution in [0, 0.1) is 5.92 Å². The smallest absolute Gasteiger partial charge is 0.334 e. The summed E-state index contributed by atoms with van der Waals surface area (Å²) in [6, 6.07) is 10.3. The van der Waals surface area contributed by atoms with Gasteiger partial charge in [0.15, 0.2) is 23.7 Å². The quantitative estimate of drug-likeness (QED) is 0.163. The highest BCUT2D eigenvalue weighted by atomic mass is 16.7. The molecule has 12 heteroatoms. The van der Waals surface area contributed by atoms with E-state index < -0.39 is 48.1 Å². The number of esters is 2. The van der Waals surface area contributed by atoms with Gasteiger partial charge >= 0.3 is 11.9 Å². The zero-order valence-electron chi connectivity index (χ0n) is 25.1. The first kappa shape index (κ1) is 32.6. The van der Waals surface area contributed by atoms with Crippen LogP contribution in [0.3, 0.4) is 0 Å². The predicted molar refractivity (Wildman–Crippen MR) is 161 cm³/mol. The monoisotopic (exact) mass is 625 g/mol. The number of aliphatic hydroxyl groups is 4. The standard InChI is InChI=1S/C33H39NO11/c1-18(37)43-30-29(39)28-15-34-17-33(41,45-28)31(30)44-32(40)23(11-20-4-8-26(38)27(13-20)42-2)14-25-22(16-36)7-6-21-5-3-19(9-10-35)12-24(21)25/h3-8,11-13,22,25,28-31,34-36,38-39,41H,9-10,14-17H2,1-2H3/b23-11+/t22-,25+,28+,29+,30-,31-,33-/m1/s1. The largest absolute Gasteiger partial charge is 0.504 e. The van der Waals surface area contributed by atoms with Gasteiger partial charge in [0.05, 0.1) is 13.7 Å². The topological polar surface area (TPSA) is 184 Å². The molecule has 7 atom stereocenters. The molecule has 0 radical (unpaired) electrons. The first-order valence-electron chi connectivity index (χ1n) is 14.8. The maximum Gasteiger partial charge on any atom is 0.334 e. The minimum atomic E-state index is -2.10. The highest BCUT2D eigenvalue weighted by molar-refractivity contribution is 5.94. The summed E-state index contributed by atoms with van der Waals surface area (Å²) in [4.78, 5) is 26.1. The van der Waals surface area contributed by atoms with Crippen LogP contribution >= 0.6 is 0 Å². The summed E-state index contributed by atoms with van der Waals surface area (Å²) in [6.45, 7) is 0.938. The van der Waals surface area contributed by atoms with Crippen LogP contribution in [0.25, 0.3) is 12.2 Å². The van der Waals surface area contributed by atoms with Crippen LogP contribution in [0.1, 0.15) is 41.5 Å². The Morgan fingerprint density at radius 3 is 2.67 bits per heavy atom. The average molecular weight is 626 g/mol. The van der Waals surface area contributed by atoms with Gasteiger partial charge in [-0.1, -0.05) is 36.4 Å². The molecule has 2 fully saturated rings. The molecular weight excluding hydrogens is 586 g/mol. The molecule has 1 aliphatic carbocycles. The number of hydrogen-bond acceptors (Lipinski definition) is 12. The van der Waals surface area contributed by atoms with E-state index in [1.54, 1.807) is 18.2 Å². The summed E-state index contributed by atoms with van der Waals surface area (Å²) in [7, 11) is 1.40. The maximum atomic E-state index is 14.1. The number of hydrogen-bond donors (Lipinski definition) is 6. The molecule has 0 aromatic heterocycles. The number of aromatic hydroxyl groups is 1. The number of phenolic OH excluding ortho intramolecular Hbond substituents is 1. The summed E-state index contributed by atoms with van der Waals surface area (Å²) in [5.41, 5.74) is 3.29. The van der Waals surface area contributed by atoms with Crippen LogP contribution in [0.15, 0.2) is 48.0 Å². The number of benzene rings is 2. The van der Waals surface area contributed by atoms with E-state index in [1.807, 2.05) is 30.4 Å². The molecule has 5 rings (SSSR count). The molecule has 0 spiro atoms. The summed E-state index contributed by atoms with van der Waals surface area (Å²) in [5.74, 6) is -4.40. The van der Waals surface area contributed by atoms with E-state index in [0.29, 0.717) is 12.0 Å². The molecular formula is C33H39NO11. The lowest BCUT2D eigenvalue weighted by molar-refractivity contribution is -0.355. The Morgan fingerprint density at radius 2 is 1.96 bits per heavy atom. The van der Waals surface area contributed by atoms with Crippen molar-refractivity contribution in [3.63, 3.8) is 0 Å². The molecule has 45 heavy (non-hydrogen) atoms. The molecule has 3 aliphatic rings. The number of β-amino-alcohol motifs (C(OH)–C–C–N with tert-alkyl or cyclic N) is 1. The van der Waals surface area contributed by atoms with Crippen LogP contribution in [-0.4, -0.2) is 101 Å². The summed E-state index contributed by atoms with van der Waals surface area (Å²) < 4.78 is 22.2. The van der Waals surface area contributed by atoms with Crippen molar-refractivity contribution in [2.24, 2.45) is 5.92 Å². The molecule has 2 aromatic carbocycles. The van der Waals surface area contributed by atoms with Crippen LogP contribution in [0.4, 0.5) is 0 Å². The number of ether oxygens (including phenoxy) is 4. The van der Waals surface area contributed by atoms with E-state index in [4.69, 9.17) is 18.9 Å². The first-order chi connectivity index (χ1) is 21.6. The normalized spacial score (nSPS) is 29.1. The van der Waals surface area contributed by atoms with Gasteiger partial charge in [0, 0.05) is 38.2 Å². The van der Waals surface area contributed by atoms with E-state index in [0.717, 1.165) is 23.6 Å². The second-order valence-corrected chi connectivity index (χ2v) is 11.6. The highest BCUT2D eigenvalue weighted by Crippen LogP contribution is 2.41. The highest BCUT2D eigenvalue weighted by Gasteiger charge is 2.59. The molecule has 6 N–H and O–H groups in total. The second-order valence-electron chi connectivity index (χ2n) is 11.6. The third-order valence-electron chi connectivity index (χ3n) is 8.52. The van der Waals surface area contributed by atoms with E-state index >= 15 is 0 Å². The third-order valence-corrected chi connectivity index (χ3v) is 8.52. The van der Waals surface area contributed by atoms with Gasteiger partial charge < -0.3 is 49.8 Å². The van der Waals surface area contributed by atoms with Gasteiger partial charge in [0.25, 0.3) is 0 Å². The Bertz CT molecular complexity index is 1470. The Balaban J connectivity index is 1.55. The number of rotatable bonds is 10. The molecule has 242 valence electrons. The molecule has 0 unspecified atom stereocenters. The average Bonchev–Trinajstić information content (AvgIpc) is 3.02. The van der Waals surface area contributed by atoms with E-state index in [2.05, 4.69) is 5.32 Å².